The Bertz CT molecular complexity index is 886. The summed E-state index contributed by atoms with van der Waals surface area (Å²) in [5.74, 6) is 0.294. The Morgan fingerprint density at radius 3 is 2.46 bits per heavy atom. The van der Waals surface area contributed by atoms with Crippen LogP contribution in [0.1, 0.15) is 63.5 Å². The molecule has 0 radical (unpaired) electrons. The standard InChI is InChI=1S/C19H25N2O2P/c1-13(2)15-8-9-16-17(12-20-21(19(16)22)14-6-7-14)18(15)24(23)10-4-3-5-11-24/h8-9,12-14H,3-7,10-11H2,1-2H3. The topological polar surface area (TPSA) is 52.0 Å². The van der Waals surface area contributed by atoms with Crippen LogP contribution in [-0.4, -0.2) is 22.1 Å². The number of hydrogen-bond acceptors (Lipinski definition) is 3. The summed E-state index contributed by atoms with van der Waals surface area (Å²) < 4.78 is 15.4. The third-order valence-electron chi connectivity index (χ3n) is 5.46. The SMILES string of the molecule is CC(C)c1ccc2c(=O)n(C3CC3)ncc2c1P1(=O)CCCCC1. The summed E-state index contributed by atoms with van der Waals surface area (Å²) in [6, 6.07) is 4.23. The van der Waals surface area contributed by atoms with E-state index < -0.39 is 7.14 Å². The van der Waals surface area contributed by atoms with E-state index in [1.165, 1.54) is 6.42 Å². The van der Waals surface area contributed by atoms with Gasteiger partial charge in [0, 0.05) is 23.0 Å². The molecule has 4 rings (SSSR count). The van der Waals surface area contributed by atoms with Crippen LogP contribution in [-0.2, 0) is 4.57 Å². The lowest BCUT2D eigenvalue weighted by atomic mass is 10.0. The van der Waals surface area contributed by atoms with Crippen molar-refractivity contribution >= 4 is 23.2 Å². The zero-order valence-electron chi connectivity index (χ0n) is 14.5. The van der Waals surface area contributed by atoms with Gasteiger partial charge in [-0.1, -0.05) is 26.3 Å². The molecule has 0 N–H and O–H groups in total. The normalized spacial score (nSPS) is 20.6. The molecule has 1 saturated carbocycles. The second-order valence-electron chi connectivity index (χ2n) is 7.64. The first kappa shape index (κ1) is 16.1. The monoisotopic (exact) mass is 344 g/mol. The summed E-state index contributed by atoms with van der Waals surface area (Å²) in [5.41, 5.74) is 1.12. The van der Waals surface area contributed by atoms with Crippen molar-refractivity contribution in [2.75, 3.05) is 12.3 Å². The van der Waals surface area contributed by atoms with Crippen LogP contribution < -0.4 is 10.9 Å². The summed E-state index contributed by atoms with van der Waals surface area (Å²) in [7, 11) is -2.43. The van der Waals surface area contributed by atoms with Crippen molar-refractivity contribution in [2.24, 2.45) is 0 Å². The summed E-state index contributed by atoms with van der Waals surface area (Å²) in [4.78, 5) is 12.8. The van der Waals surface area contributed by atoms with Crippen LogP contribution in [0.25, 0.3) is 10.8 Å². The maximum absolute atomic E-state index is 13.8. The highest BCUT2D eigenvalue weighted by Crippen LogP contribution is 2.52. The Labute approximate surface area is 142 Å². The Balaban J connectivity index is 2.01. The lowest BCUT2D eigenvalue weighted by Crippen LogP contribution is -2.26. The van der Waals surface area contributed by atoms with Crippen LogP contribution in [0, 0.1) is 0 Å². The molecule has 0 spiro atoms. The van der Waals surface area contributed by atoms with Crippen LogP contribution in [0.5, 0.6) is 0 Å². The van der Waals surface area contributed by atoms with Crippen LogP contribution in [0.15, 0.2) is 23.1 Å². The van der Waals surface area contributed by atoms with E-state index in [0.29, 0.717) is 11.3 Å². The first-order valence-corrected chi connectivity index (χ1v) is 11.2. The van der Waals surface area contributed by atoms with Crippen molar-refractivity contribution in [3.63, 3.8) is 0 Å². The summed E-state index contributed by atoms with van der Waals surface area (Å²) in [6.45, 7) is 4.28. The fourth-order valence-corrected chi connectivity index (χ4v) is 7.54. The second-order valence-corrected chi connectivity index (χ2v) is 10.8. The van der Waals surface area contributed by atoms with Crippen LogP contribution in [0.3, 0.4) is 0 Å². The Morgan fingerprint density at radius 2 is 1.83 bits per heavy atom. The molecule has 4 nitrogen and oxygen atoms in total. The molecule has 0 bridgehead atoms. The molecule has 2 fully saturated rings. The molecule has 128 valence electrons. The summed E-state index contributed by atoms with van der Waals surface area (Å²) in [6.07, 6.45) is 8.65. The smallest absolute Gasteiger partial charge is 0.274 e. The van der Waals surface area contributed by atoms with E-state index in [-0.39, 0.29) is 11.6 Å². The summed E-state index contributed by atoms with van der Waals surface area (Å²) >= 11 is 0. The van der Waals surface area contributed by atoms with Gasteiger partial charge in [-0.15, -0.1) is 0 Å². The molecule has 1 saturated heterocycles. The van der Waals surface area contributed by atoms with Gasteiger partial charge >= 0.3 is 0 Å². The average Bonchev–Trinajstić information content (AvgIpc) is 3.39. The number of fused-ring (bicyclic) bond motifs is 1. The molecule has 24 heavy (non-hydrogen) atoms. The van der Waals surface area contributed by atoms with Gasteiger partial charge in [0.05, 0.1) is 17.6 Å². The molecule has 0 atom stereocenters. The number of hydrogen-bond donors (Lipinski definition) is 0. The molecule has 5 heteroatoms. The third kappa shape index (κ3) is 2.56. The highest BCUT2D eigenvalue weighted by molar-refractivity contribution is 7.72. The van der Waals surface area contributed by atoms with Gasteiger partial charge in [-0.2, -0.15) is 5.10 Å². The van der Waals surface area contributed by atoms with E-state index >= 15 is 0 Å². The Kier molecular flexibility index (Phi) is 3.91. The van der Waals surface area contributed by atoms with Gasteiger partial charge in [-0.25, -0.2) is 4.68 Å². The minimum Gasteiger partial charge on any atom is -0.319 e. The Morgan fingerprint density at radius 1 is 1.12 bits per heavy atom. The van der Waals surface area contributed by atoms with Crippen LogP contribution in [0.2, 0.25) is 0 Å². The first-order chi connectivity index (χ1) is 11.5. The van der Waals surface area contributed by atoms with Gasteiger partial charge in [0.1, 0.15) is 7.14 Å². The maximum atomic E-state index is 13.8. The minimum absolute atomic E-state index is 0.0184. The fourth-order valence-electron chi connectivity index (χ4n) is 3.98. The van der Waals surface area contributed by atoms with E-state index in [9.17, 15) is 9.36 Å². The van der Waals surface area contributed by atoms with Crippen LogP contribution in [0.4, 0.5) is 0 Å². The van der Waals surface area contributed by atoms with Crippen molar-refractivity contribution in [3.05, 3.63) is 34.2 Å². The first-order valence-electron chi connectivity index (χ1n) is 9.14. The molecule has 1 aliphatic heterocycles. The fraction of sp³-hybridized carbons (Fsp3) is 0.579. The molecule has 1 aromatic carbocycles. The summed E-state index contributed by atoms with van der Waals surface area (Å²) in [5, 5.41) is 6.93. The molecule has 2 aromatic rings. The quantitative estimate of drug-likeness (QED) is 0.790. The van der Waals surface area contributed by atoms with Gasteiger partial charge in [0.2, 0.25) is 0 Å². The molecule has 2 heterocycles. The van der Waals surface area contributed by atoms with Gasteiger partial charge in [0.25, 0.3) is 5.56 Å². The van der Waals surface area contributed by atoms with Crippen molar-refractivity contribution in [1.82, 2.24) is 9.78 Å². The number of benzene rings is 1. The third-order valence-corrected chi connectivity index (χ3v) is 8.85. The van der Waals surface area contributed by atoms with Gasteiger partial charge in [0.15, 0.2) is 0 Å². The van der Waals surface area contributed by atoms with E-state index in [2.05, 4.69) is 18.9 Å². The van der Waals surface area contributed by atoms with E-state index in [1.807, 2.05) is 18.3 Å². The van der Waals surface area contributed by atoms with Crippen LogP contribution >= 0.6 is 7.14 Å². The van der Waals surface area contributed by atoms with E-state index in [4.69, 9.17) is 0 Å². The molecule has 0 amide bonds. The maximum Gasteiger partial charge on any atom is 0.274 e. The Hall–Kier alpha value is -1.41. The molecule has 2 aliphatic rings. The zero-order chi connectivity index (χ0) is 16.9. The molecule has 1 aromatic heterocycles. The highest BCUT2D eigenvalue weighted by Gasteiger charge is 2.33. The van der Waals surface area contributed by atoms with E-state index in [0.717, 1.165) is 54.3 Å². The van der Waals surface area contributed by atoms with Crippen molar-refractivity contribution in [2.45, 2.75) is 57.9 Å². The van der Waals surface area contributed by atoms with Gasteiger partial charge in [-0.05, 0) is 43.2 Å². The highest BCUT2D eigenvalue weighted by atomic mass is 31.2. The lowest BCUT2D eigenvalue weighted by molar-refractivity contribution is 0.567. The predicted molar refractivity (Wildman–Crippen MR) is 99.2 cm³/mol. The number of aromatic nitrogens is 2. The number of nitrogens with zero attached hydrogens (tertiary/aromatic N) is 2. The molecular formula is C19H25N2O2P. The largest absolute Gasteiger partial charge is 0.319 e. The van der Waals surface area contributed by atoms with Gasteiger partial charge in [-0.3, -0.25) is 4.79 Å². The average molecular weight is 344 g/mol. The lowest BCUT2D eigenvalue weighted by Gasteiger charge is -2.27. The number of rotatable bonds is 3. The van der Waals surface area contributed by atoms with Crippen molar-refractivity contribution < 1.29 is 4.57 Å². The predicted octanol–water partition coefficient (Wildman–Crippen LogP) is 4.03. The molecular weight excluding hydrogens is 319 g/mol. The minimum atomic E-state index is -2.43. The zero-order valence-corrected chi connectivity index (χ0v) is 15.4. The van der Waals surface area contributed by atoms with Crippen molar-refractivity contribution in [1.29, 1.82) is 0 Å². The van der Waals surface area contributed by atoms with Crippen molar-refractivity contribution in [3.8, 4) is 0 Å². The van der Waals surface area contributed by atoms with Gasteiger partial charge < -0.3 is 4.57 Å². The van der Waals surface area contributed by atoms with E-state index in [1.54, 1.807) is 4.68 Å². The molecule has 0 unspecified atom stereocenters. The second kappa shape index (κ2) is 5.84. The molecule has 1 aliphatic carbocycles.